The molecule has 0 aromatic carbocycles. The maximum Gasteiger partial charge on any atom is 0.252 e. The van der Waals surface area contributed by atoms with Crippen LogP contribution in [0.4, 0.5) is 0 Å². The van der Waals surface area contributed by atoms with Gasteiger partial charge in [-0.15, -0.1) is 11.3 Å². The minimum absolute atomic E-state index is 0.0173. The van der Waals surface area contributed by atoms with Gasteiger partial charge in [0.05, 0.1) is 17.6 Å². The fraction of sp³-hybridized carbons (Fsp3) is 0.450. The van der Waals surface area contributed by atoms with E-state index in [0.717, 1.165) is 43.1 Å². The lowest BCUT2D eigenvalue weighted by Crippen LogP contribution is -2.32. The number of aryl methyl sites for hydroxylation is 2. The summed E-state index contributed by atoms with van der Waals surface area (Å²) in [6.45, 7) is 9.23. The molecule has 0 radical (unpaired) electrons. The lowest BCUT2D eigenvalue weighted by molar-refractivity contribution is 0.0947. The normalized spacial score (nSPS) is 15.4. The maximum absolute atomic E-state index is 12.7. The Hall–Kier alpha value is -2.45. The molecule has 4 rings (SSSR count). The highest BCUT2D eigenvalue weighted by Crippen LogP contribution is 2.30. The summed E-state index contributed by atoms with van der Waals surface area (Å²) in [5, 5.41) is 9.12. The zero-order chi connectivity index (χ0) is 19.7. The van der Waals surface area contributed by atoms with Gasteiger partial charge in [0.2, 0.25) is 0 Å². The predicted octanol–water partition coefficient (Wildman–Crippen LogP) is 3.10. The van der Waals surface area contributed by atoms with E-state index in [1.54, 1.807) is 23.9 Å². The third-order valence-electron chi connectivity index (χ3n) is 5.43. The van der Waals surface area contributed by atoms with Crippen molar-refractivity contribution in [1.29, 1.82) is 0 Å². The summed E-state index contributed by atoms with van der Waals surface area (Å²) in [6.07, 6.45) is 6.33. The Kier molecular flexibility index (Phi) is 5.32. The van der Waals surface area contributed by atoms with Crippen LogP contribution < -0.4 is 5.32 Å². The molecule has 3 aromatic heterocycles. The van der Waals surface area contributed by atoms with Gasteiger partial charge in [-0.3, -0.25) is 9.69 Å². The number of carbonyl (C=O) groups is 1. The van der Waals surface area contributed by atoms with Crippen LogP contribution >= 0.6 is 11.3 Å². The standard InChI is InChI=1S/C20H25N5O2S/c1-13(25-7-5-21-12-25)8-22-20(26)18-11-28-19-10-24(6-4-16(18)19)9-17-14(2)23-27-15(17)3/h5,7,11-13H,4,6,8-10H2,1-3H3,(H,22,26)/t13-/m0/s1. The zero-order valence-corrected chi connectivity index (χ0v) is 17.3. The summed E-state index contributed by atoms with van der Waals surface area (Å²) < 4.78 is 7.28. The van der Waals surface area contributed by atoms with E-state index in [0.29, 0.717) is 6.54 Å². The van der Waals surface area contributed by atoms with Gasteiger partial charge >= 0.3 is 0 Å². The predicted molar refractivity (Wildman–Crippen MR) is 107 cm³/mol. The highest BCUT2D eigenvalue weighted by molar-refractivity contribution is 7.10. The van der Waals surface area contributed by atoms with Gasteiger partial charge in [0.15, 0.2) is 0 Å². The van der Waals surface area contributed by atoms with Crippen LogP contribution in [0.5, 0.6) is 0 Å². The highest BCUT2D eigenvalue weighted by atomic mass is 32.1. The first-order valence-electron chi connectivity index (χ1n) is 9.52. The van der Waals surface area contributed by atoms with Crippen molar-refractivity contribution in [2.45, 2.75) is 46.3 Å². The number of hydrogen-bond acceptors (Lipinski definition) is 6. The molecule has 0 fully saturated rings. The smallest absolute Gasteiger partial charge is 0.252 e. The van der Waals surface area contributed by atoms with Crippen molar-refractivity contribution in [2.75, 3.05) is 13.1 Å². The Balaban J connectivity index is 1.38. The van der Waals surface area contributed by atoms with Gasteiger partial charge in [0.1, 0.15) is 5.76 Å². The van der Waals surface area contributed by atoms with Crippen molar-refractivity contribution < 1.29 is 9.32 Å². The lowest BCUT2D eigenvalue weighted by Gasteiger charge is -2.27. The van der Waals surface area contributed by atoms with Crippen LogP contribution in [0.1, 0.15) is 50.8 Å². The second-order valence-electron chi connectivity index (χ2n) is 7.38. The van der Waals surface area contributed by atoms with Crippen molar-refractivity contribution in [3.8, 4) is 0 Å². The van der Waals surface area contributed by atoms with Gasteiger partial charge in [-0.1, -0.05) is 5.16 Å². The largest absolute Gasteiger partial charge is 0.361 e. The van der Waals surface area contributed by atoms with Gasteiger partial charge in [0, 0.05) is 60.4 Å². The van der Waals surface area contributed by atoms with E-state index in [4.69, 9.17) is 4.52 Å². The Bertz CT molecular complexity index is 940. The minimum atomic E-state index is 0.0173. The highest BCUT2D eigenvalue weighted by Gasteiger charge is 2.25. The fourth-order valence-corrected chi connectivity index (χ4v) is 4.75. The summed E-state index contributed by atoms with van der Waals surface area (Å²) in [6, 6.07) is 0.173. The number of hydrogen-bond donors (Lipinski definition) is 1. The number of imidazole rings is 1. The minimum Gasteiger partial charge on any atom is -0.361 e. The first-order chi connectivity index (χ1) is 13.5. The average molecular weight is 400 g/mol. The number of rotatable bonds is 6. The van der Waals surface area contributed by atoms with Crippen molar-refractivity contribution in [2.24, 2.45) is 0 Å². The van der Waals surface area contributed by atoms with Crippen molar-refractivity contribution in [1.82, 2.24) is 24.9 Å². The number of amides is 1. The number of nitrogens with one attached hydrogen (secondary N) is 1. The topological polar surface area (TPSA) is 76.2 Å². The number of carbonyl (C=O) groups excluding carboxylic acids is 1. The third kappa shape index (κ3) is 3.74. The summed E-state index contributed by atoms with van der Waals surface area (Å²) in [5.74, 6) is 0.908. The molecule has 0 unspecified atom stereocenters. The number of nitrogens with zero attached hydrogens (tertiary/aromatic N) is 4. The zero-order valence-electron chi connectivity index (χ0n) is 16.4. The van der Waals surface area contributed by atoms with Crippen molar-refractivity contribution in [3.05, 3.63) is 57.1 Å². The Morgan fingerprint density at radius 2 is 2.29 bits per heavy atom. The Labute approximate surface area is 168 Å². The molecule has 1 amide bonds. The number of thiophene rings is 1. The molecule has 1 aliphatic heterocycles. The molecule has 7 nitrogen and oxygen atoms in total. The van der Waals surface area contributed by atoms with Crippen LogP contribution in [0, 0.1) is 13.8 Å². The summed E-state index contributed by atoms with van der Waals surface area (Å²) in [5.41, 5.74) is 4.16. The molecule has 1 aliphatic rings. The van der Waals surface area contributed by atoms with Gasteiger partial charge in [-0.25, -0.2) is 4.98 Å². The molecule has 148 valence electrons. The van der Waals surface area contributed by atoms with E-state index in [1.165, 1.54) is 16.0 Å². The molecular formula is C20H25N5O2S. The maximum atomic E-state index is 12.7. The number of fused-ring (bicyclic) bond motifs is 1. The van der Waals surface area contributed by atoms with E-state index in [9.17, 15) is 4.79 Å². The van der Waals surface area contributed by atoms with Crippen LogP contribution in [0.2, 0.25) is 0 Å². The van der Waals surface area contributed by atoms with Crippen LogP contribution in [-0.4, -0.2) is 38.6 Å². The molecular weight excluding hydrogens is 374 g/mol. The van der Waals surface area contributed by atoms with Crippen LogP contribution in [0.3, 0.4) is 0 Å². The molecule has 1 N–H and O–H groups in total. The molecule has 0 bridgehead atoms. The van der Waals surface area contributed by atoms with Crippen LogP contribution in [0.15, 0.2) is 28.6 Å². The summed E-state index contributed by atoms with van der Waals surface area (Å²) in [7, 11) is 0. The van der Waals surface area contributed by atoms with Crippen molar-refractivity contribution in [3.63, 3.8) is 0 Å². The molecule has 8 heteroatoms. The molecule has 4 heterocycles. The SMILES string of the molecule is Cc1noc(C)c1CN1CCc2c(C(=O)NC[C@H](C)n3ccnc3)csc2C1. The first kappa shape index (κ1) is 18.9. The number of aromatic nitrogens is 3. The monoisotopic (exact) mass is 399 g/mol. The van der Waals surface area contributed by atoms with E-state index < -0.39 is 0 Å². The second kappa shape index (κ2) is 7.89. The Morgan fingerprint density at radius 3 is 3.00 bits per heavy atom. The van der Waals surface area contributed by atoms with Gasteiger partial charge < -0.3 is 14.4 Å². The summed E-state index contributed by atoms with van der Waals surface area (Å²) in [4.78, 5) is 20.5. The van der Waals surface area contributed by atoms with Crippen LogP contribution in [-0.2, 0) is 19.5 Å². The van der Waals surface area contributed by atoms with Gasteiger partial charge in [-0.2, -0.15) is 0 Å². The second-order valence-corrected chi connectivity index (χ2v) is 8.35. The van der Waals surface area contributed by atoms with Gasteiger partial charge in [-0.05, 0) is 32.8 Å². The molecule has 28 heavy (non-hydrogen) atoms. The fourth-order valence-electron chi connectivity index (χ4n) is 3.63. The average Bonchev–Trinajstić information content (AvgIpc) is 3.42. The molecule has 3 aromatic rings. The molecule has 0 saturated carbocycles. The van der Waals surface area contributed by atoms with E-state index >= 15 is 0 Å². The quantitative estimate of drug-likeness (QED) is 0.689. The third-order valence-corrected chi connectivity index (χ3v) is 6.44. The summed E-state index contributed by atoms with van der Waals surface area (Å²) >= 11 is 1.68. The van der Waals surface area contributed by atoms with E-state index in [1.807, 2.05) is 30.0 Å². The molecule has 0 aliphatic carbocycles. The lowest BCUT2D eigenvalue weighted by atomic mass is 10.0. The first-order valence-corrected chi connectivity index (χ1v) is 10.4. The Morgan fingerprint density at radius 1 is 1.43 bits per heavy atom. The molecule has 0 spiro atoms. The van der Waals surface area contributed by atoms with Gasteiger partial charge in [0.25, 0.3) is 5.91 Å². The molecule has 1 atom stereocenters. The molecule has 0 saturated heterocycles. The van der Waals surface area contributed by atoms with E-state index in [-0.39, 0.29) is 11.9 Å². The van der Waals surface area contributed by atoms with Crippen molar-refractivity contribution >= 4 is 17.2 Å². The van der Waals surface area contributed by atoms with Crippen LogP contribution in [0.25, 0.3) is 0 Å². The van der Waals surface area contributed by atoms with E-state index in [2.05, 4.69) is 27.3 Å².